The van der Waals surface area contributed by atoms with Gasteiger partial charge in [0.2, 0.25) is 0 Å². The third kappa shape index (κ3) is 6.86. The van der Waals surface area contributed by atoms with Gasteiger partial charge in [0.15, 0.2) is 5.96 Å². The van der Waals surface area contributed by atoms with E-state index in [0.29, 0.717) is 5.92 Å². The Hall–Kier alpha value is -1.77. The van der Waals surface area contributed by atoms with Crippen molar-refractivity contribution in [2.45, 2.75) is 26.9 Å². The summed E-state index contributed by atoms with van der Waals surface area (Å²) >= 11 is 0. The van der Waals surface area contributed by atoms with E-state index >= 15 is 0 Å². The van der Waals surface area contributed by atoms with Crippen LogP contribution in [0.4, 0.5) is 0 Å². The van der Waals surface area contributed by atoms with E-state index in [4.69, 9.17) is 9.73 Å². The van der Waals surface area contributed by atoms with Crippen molar-refractivity contribution in [3.8, 4) is 5.75 Å². The minimum atomic E-state index is 0. The van der Waals surface area contributed by atoms with Crippen LogP contribution in [-0.2, 0) is 13.1 Å². The maximum absolute atomic E-state index is 5.45. The lowest BCUT2D eigenvalue weighted by Gasteiger charge is -2.23. The number of benzene rings is 1. The van der Waals surface area contributed by atoms with Crippen LogP contribution in [0.5, 0.6) is 5.75 Å². The molecule has 0 saturated carbocycles. The molecule has 144 valence electrons. The largest absolute Gasteiger partial charge is 0.496 e. The fourth-order valence-corrected chi connectivity index (χ4v) is 2.66. The van der Waals surface area contributed by atoms with Crippen LogP contribution in [0.2, 0.25) is 0 Å². The maximum Gasteiger partial charge on any atom is 0.193 e. The van der Waals surface area contributed by atoms with Gasteiger partial charge in [0.05, 0.1) is 7.11 Å². The highest BCUT2D eigenvalue weighted by Crippen LogP contribution is 2.18. The molecule has 0 saturated heterocycles. The Kier molecular flexibility index (Phi) is 10.1. The highest BCUT2D eigenvalue weighted by molar-refractivity contribution is 14.0. The van der Waals surface area contributed by atoms with Gasteiger partial charge in [0, 0.05) is 51.2 Å². The van der Waals surface area contributed by atoms with Crippen LogP contribution in [0, 0.1) is 5.92 Å². The molecule has 26 heavy (non-hydrogen) atoms. The smallest absolute Gasteiger partial charge is 0.193 e. The molecule has 0 amide bonds. The minimum absolute atomic E-state index is 0. The summed E-state index contributed by atoms with van der Waals surface area (Å²) in [6.07, 6.45) is 3.79. The first kappa shape index (κ1) is 22.3. The molecular formula is C19H30IN5O. The van der Waals surface area contributed by atoms with Gasteiger partial charge >= 0.3 is 0 Å². The first-order valence-corrected chi connectivity index (χ1v) is 8.72. The Morgan fingerprint density at radius 2 is 2.12 bits per heavy atom. The SMILES string of the molecule is CCNC(=NCC(C)Cn1cccn1)N(C)Cc1ccccc1OC.I. The van der Waals surface area contributed by atoms with Crippen molar-refractivity contribution in [1.29, 1.82) is 0 Å². The molecule has 0 aliphatic rings. The lowest BCUT2D eigenvalue weighted by Crippen LogP contribution is -2.39. The molecule has 0 aliphatic heterocycles. The number of aliphatic imine (C=N–C) groups is 1. The molecule has 1 heterocycles. The zero-order valence-corrected chi connectivity index (χ0v) is 18.4. The van der Waals surface area contributed by atoms with Crippen LogP contribution in [0.15, 0.2) is 47.7 Å². The zero-order valence-electron chi connectivity index (χ0n) is 16.1. The van der Waals surface area contributed by atoms with Crippen molar-refractivity contribution in [3.63, 3.8) is 0 Å². The Morgan fingerprint density at radius 3 is 2.77 bits per heavy atom. The van der Waals surface area contributed by atoms with Crippen molar-refractivity contribution in [3.05, 3.63) is 48.3 Å². The van der Waals surface area contributed by atoms with Gasteiger partial charge in [-0.1, -0.05) is 25.1 Å². The summed E-state index contributed by atoms with van der Waals surface area (Å²) in [7, 11) is 3.75. The van der Waals surface area contributed by atoms with Gasteiger partial charge in [-0.15, -0.1) is 24.0 Å². The van der Waals surface area contributed by atoms with E-state index in [0.717, 1.165) is 43.5 Å². The molecule has 1 unspecified atom stereocenters. The molecule has 1 atom stereocenters. The topological polar surface area (TPSA) is 54.7 Å². The highest BCUT2D eigenvalue weighted by Gasteiger charge is 2.11. The molecular weight excluding hydrogens is 441 g/mol. The van der Waals surface area contributed by atoms with E-state index < -0.39 is 0 Å². The van der Waals surface area contributed by atoms with Crippen molar-refractivity contribution in [2.75, 3.05) is 27.2 Å². The van der Waals surface area contributed by atoms with Crippen molar-refractivity contribution in [2.24, 2.45) is 10.9 Å². The third-order valence-corrected chi connectivity index (χ3v) is 3.91. The van der Waals surface area contributed by atoms with E-state index in [9.17, 15) is 0 Å². The number of rotatable bonds is 8. The normalized spacial score (nSPS) is 12.2. The van der Waals surface area contributed by atoms with E-state index in [1.54, 1.807) is 13.3 Å². The predicted molar refractivity (Wildman–Crippen MR) is 117 cm³/mol. The van der Waals surface area contributed by atoms with Crippen LogP contribution in [0.1, 0.15) is 19.4 Å². The maximum atomic E-state index is 5.45. The molecule has 0 fully saturated rings. The van der Waals surface area contributed by atoms with Crippen LogP contribution in [0.3, 0.4) is 0 Å². The Bertz CT molecular complexity index is 660. The zero-order chi connectivity index (χ0) is 18.1. The second-order valence-corrected chi connectivity index (χ2v) is 6.20. The third-order valence-electron chi connectivity index (χ3n) is 3.91. The molecule has 7 heteroatoms. The Labute approximate surface area is 173 Å². The Morgan fingerprint density at radius 1 is 1.35 bits per heavy atom. The lowest BCUT2D eigenvalue weighted by atomic mass is 10.2. The number of halogens is 1. The predicted octanol–water partition coefficient (Wildman–Crippen LogP) is 3.24. The molecule has 0 radical (unpaired) electrons. The van der Waals surface area contributed by atoms with Crippen LogP contribution >= 0.6 is 24.0 Å². The summed E-state index contributed by atoms with van der Waals surface area (Å²) in [4.78, 5) is 6.92. The molecule has 1 aromatic carbocycles. The molecule has 2 aromatic rings. The average Bonchev–Trinajstić information content (AvgIpc) is 3.11. The number of ether oxygens (including phenoxy) is 1. The summed E-state index contributed by atoms with van der Waals surface area (Å²) in [5.74, 6) is 2.21. The fourth-order valence-electron chi connectivity index (χ4n) is 2.66. The number of nitrogens with zero attached hydrogens (tertiary/aromatic N) is 4. The number of nitrogens with one attached hydrogen (secondary N) is 1. The molecule has 6 nitrogen and oxygen atoms in total. The lowest BCUT2D eigenvalue weighted by molar-refractivity contribution is 0.395. The highest BCUT2D eigenvalue weighted by atomic mass is 127. The molecule has 0 bridgehead atoms. The molecule has 1 aromatic heterocycles. The Balaban J connectivity index is 0.00000338. The number of hydrogen-bond donors (Lipinski definition) is 1. The van der Waals surface area contributed by atoms with Gasteiger partial charge in [0.1, 0.15) is 5.75 Å². The molecule has 0 spiro atoms. The summed E-state index contributed by atoms with van der Waals surface area (Å²) in [5.41, 5.74) is 1.14. The monoisotopic (exact) mass is 471 g/mol. The van der Waals surface area contributed by atoms with E-state index in [1.165, 1.54) is 0 Å². The van der Waals surface area contributed by atoms with Gasteiger partial charge in [-0.25, -0.2) is 0 Å². The minimum Gasteiger partial charge on any atom is -0.496 e. The molecule has 1 N–H and O–H groups in total. The van der Waals surface area contributed by atoms with Crippen LogP contribution < -0.4 is 10.1 Å². The van der Waals surface area contributed by atoms with Gasteiger partial charge in [-0.3, -0.25) is 9.67 Å². The summed E-state index contributed by atoms with van der Waals surface area (Å²) in [6.45, 7) is 7.46. The number of methoxy groups -OCH3 is 1. The standard InChI is InChI=1S/C19H29N5O.HI/c1-5-20-19(21-13-16(2)14-24-12-8-11-22-24)23(3)15-17-9-6-7-10-18(17)25-4;/h6-12,16H,5,13-15H2,1-4H3,(H,20,21);1H. The summed E-state index contributed by atoms with van der Waals surface area (Å²) < 4.78 is 7.40. The van der Waals surface area contributed by atoms with Crippen molar-refractivity contribution in [1.82, 2.24) is 20.0 Å². The van der Waals surface area contributed by atoms with Crippen LogP contribution in [-0.4, -0.2) is 47.9 Å². The average molecular weight is 471 g/mol. The fraction of sp³-hybridized carbons (Fsp3) is 0.474. The number of aromatic nitrogens is 2. The van der Waals surface area contributed by atoms with Gasteiger partial charge < -0.3 is 15.0 Å². The van der Waals surface area contributed by atoms with Crippen molar-refractivity contribution >= 4 is 29.9 Å². The van der Waals surface area contributed by atoms with Gasteiger partial charge in [0.25, 0.3) is 0 Å². The van der Waals surface area contributed by atoms with E-state index in [1.807, 2.05) is 42.2 Å². The van der Waals surface area contributed by atoms with Crippen LogP contribution in [0.25, 0.3) is 0 Å². The van der Waals surface area contributed by atoms with Crippen molar-refractivity contribution < 1.29 is 4.74 Å². The number of para-hydroxylation sites is 1. The van der Waals surface area contributed by atoms with Gasteiger partial charge in [-0.2, -0.15) is 5.10 Å². The van der Waals surface area contributed by atoms with E-state index in [-0.39, 0.29) is 24.0 Å². The summed E-state index contributed by atoms with van der Waals surface area (Å²) in [5, 5.41) is 7.62. The quantitative estimate of drug-likeness (QED) is 0.365. The van der Waals surface area contributed by atoms with E-state index in [2.05, 4.69) is 35.2 Å². The number of guanidine groups is 1. The first-order valence-electron chi connectivity index (χ1n) is 8.72. The second-order valence-electron chi connectivity index (χ2n) is 6.20. The summed E-state index contributed by atoms with van der Waals surface area (Å²) in [6, 6.07) is 10.0. The van der Waals surface area contributed by atoms with Gasteiger partial charge in [-0.05, 0) is 25.0 Å². The second kappa shape index (κ2) is 11.8. The number of hydrogen-bond acceptors (Lipinski definition) is 3. The molecule has 2 rings (SSSR count). The first-order chi connectivity index (χ1) is 12.1. The molecule has 0 aliphatic carbocycles.